The van der Waals surface area contributed by atoms with Crippen LogP contribution in [0, 0.1) is 5.92 Å². The predicted octanol–water partition coefficient (Wildman–Crippen LogP) is 3.46. The SMILES string of the molecule is COC(=O)COc1ccc(C=NNC(=O)C(NC(=O)c2ccc(Cl)cc2Cl)C(C)C)cc1OC. The molecule has 1 atom stereocenters. The van der Waals surface area contributed by atoms with Crippen LogP contribution in [0.25, 0.3) is 0 Å². The van der Waals surface area contributed by atoms with Crippen molar-refractivity contribution < 1.29 is 28.6 Å². The second kappa shape index (κ2) is 12.8. The van der Waals surface area contributed by atoms with Gasteiger partial charge in [0.15, 0.2) is 18.1 Å². The lowest BCUT2D eigenvalue weighted by atomic mass is 10.0. The molecule has 0 aliphatic carbocycles. The molecular weight excluding hydrogens is 485 g/mol. The third-order valence-electron chi connectivity index (χ3n) is 4.56. The number of methoxy groups -OCH3 is 2. The van der Waals surface area contributed by atoms with Crippen LogP contribution in [-0.2, 0) is 14.3 Å². The molecule has 0 aliphatic heterocycles. The maximum absolute atomic E-state index is 12.7. The number of hydrogen-bond donors (Lipinski definition) is 2. The van der Waals surface area contributed by atoms with Crippen molar-refractivity contribution in [3.63, 3.8) is 0 Å². The zero-order valence-electron chi connectivity index (χ0n) is 19.1. The highest BCUT2D eigenvalue weighted by atomic mass is 35.5. The summed E-state index contributed by atoms with van der Waals surface area (Å²) in [6.45, 7) is 3.31. The Morgan fingerprint density at radius 2 is 1.79 bits per heavy atom. The summed E-state index contributed by atoms with van der Waals surface area (Å²) in [7, 11) is 2.71. The third kappa shape index (κ3) is 7.64. The number of rotatable bonds is 10. The van der Waals surface area contributed by atoms with Crippen molar-refractivity contribution >= 4 is 47.2 Å². The fraction of sp³-hybridized carbons (Fsp3) is 0.304. The molecule has 2 rings (SSSR count). The maximum atomic E-state index is 12.7. The van der Waals surface area contributed by atoms with Gasteiger partial charge in [-0.05, 0) is 47.9 Å². The highest BCUT2D eigenvalue weighted by Crippen LogP contribution is 2.27. The number of halogens is 2. The van der Waals surface area contributed by atoms with Crippen molar-refractivity contribution in [1.82, 2.24) is 10.7 Å². The zero-order chi connectivity index (χ0) is 25.3. The van der Waals surface area contributed by atoms with Gasteiger partial charge in [0.1, 0.15) is 6.04 Å². The maximum Gasteiger partial charge on any atom is 0.343 e. The van der Waals surface area contributed by atoms with Gasteiger partial charge in [-0.2, -0.15) is 5.10 Å². The lowest BCUT2D eigenvalue weighted by Crippen LogP contribution is -2.48. The van der Waals surface area contributed by atoms with Gasteiger partial charge in [-0.3, -0.25) is 9.59 Å². The van der Waals surface area contributed by atoms with Gasteiger partial charge in [-0.25, -0.2) is 10.2 Å². The van der Waals surface area contributed by atoms with Crippen LogP contribution in [-0.4, -0.2) is 50.9 Å². The number of esters is 1. The Hall–Kier alpha value is -3.30. The first-order chi connectivity index (χ1) is 16.2. The molecule has 0 spiro atoms. The van der Waals surface area contributed by atoms with Gasteiger partial charge in [-0.1, -0.05) is 37.0 Å². The summed E-state index contributed by atoms with van der Waals surface area (Å²) >= 11 is 12.0. The van der Waals surface area contributed by atoms with E-state index >= 15 is 0 Å². The first-order valence-corrected chi connectivity index (χ1v) is 10.9. The van der Waals surface area contributed by atoms with Gasteiger partial charge >= 0.3 is 5.97 Å². The lowest BCUT2D eigenvalue weighted by molar-refractivity contribution is -0.142. The predicted molar refractivity (Wildman–Crippen MR) is 129 cm³/mol. The molecule has 2 aromatic carbocycles. The Kier molecular flexibility index (Phi) is 10.2. The topological polar surface area (TPSA) is 115 Å². The number of nitrogens with zero attached hydrogens (tertiary/aromatic N) is 1. The summed E-state index contributed by atoms with van der Waals surface area (Å²) in [5.41, 5.74) is 3.22. The number of carbonyl (C=O) groups excluding carboxylic acids is 3. The highest BCUT2D eigenvalue weighted by molar-refractivity contribution is 6.36. The fourth-order valence-corrected chi connectivity index (χ4v) is 3.24. The van der Waals surface area contributed by atoms with Crippen molar-refractivity contribution in [2.24, 2.45) is 11.0 Å². The molecule has 0 aromatic heterocycles. The molecule has 9 nitrogen and oxygen atoms in total. The van der Waals surface area contributed by atoms with Crippen LogP contribution >= 0.6 is 23.2 Å². The molecule has 2 aromatic rings. The molecule has 0 fully saturated rings. The zero-order valence-corrected chi connectivity index (χ0v) is 20.6. The van der Waals surface area contributed by atoms with Crippen LogP contribution in [0.15, 0.2) is 41.5 Å². The summed E-state index contributed by atoms with van der Waals surface area (Å²) in [6, 6.07) is 8.49. The molecular formula is C23H25Cl2N3O6. The number of carbonyl (C=O) groups is 3. The minimum atomic E-state index is -0.861. The van der Waals surface area contributed by atoms with Gasteiger partial charge in [0.25, 0.3) is 11.8 Å². The Morgan fingerprint density at radius 3 is 2.41 bits per heavy atom. The van der Waals surface area contributed by atoms with Crippen molar-refractivity contribution in [3.8, 4) is 11.5 Å². The van der Waals surface area contributed by atoms with E-state index in [0.29, 0.717) is 22.1 Å². The molecule has 2 amide bonds. The van der Waals surface area contributed by atoms with Crippen LogP contribution in [0.1, 0.15) is 29.8 Å². The van der Waals surface area contributed by atoms with Crippen molar-refractivity contribution in [3.05, 3.63) is 57.6 Å². The highest BCUT2D eigenvalue weighted by Gasteiger charge is 2.25. The molecule has 2 N–H and O–H groups in total. The molecule has 0 radical (unpaired) electrons. The Morgan fingerprint density at radius 1 is 1.06 bits per heavy atom. The smallest absolute Gasteiger partial charge is 0.343 e. The van der Waals surface area contributed by atoms with E-state index in [1.807, 2.05) is 0 Å². The Bertz CT molecular complexity index is 1070. The molecule has 1 unspecified atom stereocenters. The van der Waals surface area contributed by atoms with Gasteiger partial charge < -0.3 is 19.5 Å². The van der Waals surface area contributed by atoms with E-state index in [9.17, 15) is 14.4 Å². The summed E-state index contributed by atoms with van der Waals surface area (Å²) in [4.78, 5) is 36.5. The minimum absolute atomic E-state index is 0.180. The number of hydrogen-bond acceptors (Lipinski definition) is 7. The van der Waals surface area contributed by atoms with E-state index in [1.54, 1.807) is 32.0 Å². The molecule has 0 aliphatic rings. The van der Waals surface area contributed by atoms with Gasteiger partial charge in [0, 0.05) is 5.02 Å². The van der Waals surface area contributed by atoms with E-state index in [-0.39, 0.29) is 23.1 Å². The Balaban J connectivity index is 2.04. The monoisotopic (exact) mass is 509 g/mol. The minimum Gasteiger partial charge on any atom is -0.493 e. The molecule has 0 heterocycles. The summed E-state index contributed by atoms with van der Waals surface area (Å²) < 4.78 is 15.1. The molecule has 182 valence electrons. The van der Waals surface area contributed by atoms with Crippen molar-refractivity contribution in [2.45, 2.75) is 19.9 Å². The molecule has 0 bridgehead atoms. The summed E-state index contributed by atoms with van der Waals surface area (Å²) in [6.07, 6.45) is 1.40. The normalized spacial score (nSPS) is 11.7. The van der Waals surface area contributed by atoms with Gasteiger partial charge in [0.2, 0.25) is 0 Å². The van der Waals surface area contributed by atoms with Crippen LogP contribution in [0.4, 0.5) is 0 Å². The van der Waals surface area contributed by atoms with Crippen LogP contribution in [0.3, 0.4) is 0 Å². The lowest BCUT2D eigenvalue weighted by Gasteiger charge is -2.20. The average molecular weight is 510 g/mol. The van der Waals surface area contributed by atoms with E-state index < -0.39 is 23.8 Å². The average Bonchev–Trinajstić information content (AvgIpc) is 2.80. The van der Waals surface area contributed by atoms with E-state index in [4.69, 9.17) is 32.7 Å². The van der Waals surface area contributed by atoms with Crippen LogP contribution < -0.4 is 20.2 Å². The van der Waals surface area contributed by atoms with Crippen LogP contribution in [0.5, 0.6) is 11.5 Å². The number of nitrogens with one attached hydrogen (secondary N) is 2. The number of hydrazone groups is 1. The third-order valence-corrected chi connectivity index (χ3v) is 5.11. The molecule has 0 saturated carbocycles. The van der Waals surface area contributed by atoms with Crippen molar-refractivity contribution in [1.29, 1.82) is 0 Å². The number of amides is 2. The van der Waals surface area contributed by atoms with E-state index in [2.05, 4.69) is 20.6 Å². The quantitative estimate of drug-likeness (QED) is 0.288. The summed E-state index contributed by atoms with van der Waals surface area (Å²) in [5.74, 6) is -1.05. The fourth-order valence-electron chi connectivity index (χ4n) is 2.75. The molecule has 34 heavy (non-hydrogen) atoms. The van der Waals surface area contributed by atoms with Crippen molar-refractivity contribution in [2.75, 3.05) is 20.8 Å². The standard InChI is InChI=1S/C23H25Cl2N3O6/c1-13(2)21(27-22(30)16-7-6-15(24)10-17(16)25)23(31)28-26-11-14-5-8-18(19(9-14)32-3)34-12-20(29)33-4/h5-11,13,21H,12H2,1-4H3,(H,27,30)(H,28,31). The molecule has 11 heteroatoms. The van der Waals surface area contributed by atoms with Gasteiger partial charge in [0.05, 0.1) is 31.0 Å². The van der Waals surface area contributed by atoms with E-state index in [1.165, 1.54) is 38.6 Å². The van der Waals surface area contributed by atoms with Crippen LogP contribution in [0.2, 0.25) is 10.0 Å². The first kappa shape index (κ1) is 26.9. The number of benzene rings is 2. The second-order valence-corrected chi connectivity index (χ2v) is 8.17. The first-order valence-electron chi connectivity index (χ1n) is 10.1. The summed E-state index contributed by atoms with van der Waals surface area (Å²) in [5, 5.41) is 7.20. The Labute approximate surface area is 207 Å². The molecule has 0 saturated heterocycles. The van der Waals surface area contributed by atoms with E-state index in [0.717, 1.165) is 0 Å². The second-order valence-electron chi connectivity index (χ2n) is 7.33. The number of ether oxygens (including phenoxy) is 3. The largest absolute Gasteiger partial charge is 0.493 e. The van der Waals surface area contributed by atoms with Gasteiger partial charge in [-0.15, -0.1) is 0 Å².